The highest BCUT2D eigenvalue weighted by Crippen LogP contribution is 2.22. The van der Waals surface area contributed by atoms with Crippen LogP contribution in [0.3, 0.4) is 0 Å². The molecule has 9 nitrogen and oxygen atoms in total. The maximum Gasteiger partial charge on any atom is 0.278 e. The second-order valence-electron chi connectivity index (χ2n) is 8.35. The molecule has 5 rings (SSSR count). The lowest BCUT2D eigenvalue weighted by Crippen LogP contribution is -2.35. The molecule has 4 heterocycles. The van der Waals surface area contributed by atoms with Crippen LogP contribution in [-0.4, -0.2) is 55.5 Å². The fourth-order valence-electron chi connectivity index (χ4n) is 4.13. The molecule has 1 aromatic carbocycles. The molecule has 0 amide bonds. The summed E-state index contributed by atoms with van der Waals surface area (Å²) >= 11 is 3.44. The zero-order valence-electron chi connectivity index (χ0n) is 19.1. The molecule has 0 saturated carbocycles. The van der Waals surface area contributed by atoms with Crippen LogP contribution < -0.4 is 15.6 Å². The highest BCUT2D eigenvalue weighted by atomic mass is 79.9. The van der Waals surface area contributed by atoms with Crippen molar-refractivity contribution in [2.45, 2.75) is 32.4 Å². The van der Waals surface area contributed by atoms with E-state index in [0.29, 0.717) is 35.2 Å². The number of anilines is 2. The molecule has 1 N–H and O–H groups in total. The number of benzene rings is 1. The third-order valence-electron chi connectivity index (χ3n) is 5.95. The van der Waals surface area contributed by atoms with Gasteiger partial charge in [0, 0.05) is 42.1 Å². The van der Waals surface area contributed by atoms with Crippen molar-refractivity contribution >= 4 is 38.6 Å². The van der Waals surface area contributed by atoms with Gasteiger partial charge >= 0.3 is 0 Å². The lowest BCUT2D eigenvalue weighted by atomic mass is 10.1. The molecular formula is C24H26BrN7O2. The molecule has 4 aromatic rings. The van der Waals surface area contributed by atoms with Gasteiger partial charge in [-0.2, -0.15) is 9.97 Å². The van der Waals surface area contributed by atoms with Crippen molar-refractivity contribution in [1.29, 1.82) is 0 Å². The molecular weight excluding hydrogens is 498 g/mol. The SMILES string of the molecule is CCn1c(=O)c2cnc(Nc3ccc(Br)cc3)nc2n1-c1cccc(OC2CCN(C)CC2)n1. The number of likely N-dealkylation sites (tertiary alicyclic amines) is 1. The Morgan fingerprint density at radius 3 is 2.62 bits per heavy atom. The Morgan fingerprint density at radius 2 is 1.88 bits per heavy atom. The smallest absolute Gasteiger partial charge is 0.278 e. The molecule has 0 aliphatic carbocycles. The number of rotatable bonds is 6. The van der Waals surface area contributed by atoms with Gasteiger partial charge < -0.3 is 15.0 Å². The van der Waals surface area contributed by atoms with Crippen LogP contribution in [0.4, 0.5) is 11.6 Å². The Kier molecular flexibility index (Phi) is 6.34. The summed E-state index contributed by atoms with van der Waals surface area (Å²) in [5, 5.41) is 3.64. The van der Waals surface area contributed by atoms with Crippen LogP contribution in [0.25, 0.3) is 16.9 Å². The van der Waals surface area contributed by atoms with Crippen molar-refractivity contribution in [2.75, 3.05) is 25.5 Å². The van der Waals surface area contributed by atoms with Gasteiger partial charge in [0.1, 0.15) is 11.5 Å². The fraction of sp³-hybridized carbons (Fsp3) is 0.333. The van der Waals surface area contributed by atoms with Gasteiger partial charge in [0.15, 0.2) is 11.5 Å². The Labute approximate surface area is 205 Å². The van der Waals surface area contributed by atoms with E-state index in [-0.39, 0.29) is 11.7 Å². The van der Waals surface area contributed by atoms with Gasteiger partial charge in [-0.3, -0.25) is 4.79 Å². The molecule has 10 heteroatoms. The average molecular weight is 524 g/mol. The zero-order valence-corrected chi connectivity index (χ0v) is 20.7. The van der Waals surface area contributed by atoms with Gasteiger partial charge in [0.05, 0.1) is 0 Å². The van der Waals surface area contributed by atoms with Gasteiger partial charge in [-0.1, -0.05) is 22.0 Å². The number of pyridine rings is 1. The highest BCUT2D eigenvalue weighted by Gasteiger charge is 2.20. The number of hydrogen-bond donors (Lipinski definition) is 1. The number of aromatic nitrogens is 5. The van der Waals surface area contributed by atoms with E-state index >= 15 is 0 Å². The Balaban J connectivity index is 1.51. The van der Waals surface area contributed by atoms with Crippen molar-refractivity contribution in [3.05, 3.63) is 63.5 Å². The second-order valence-corrected chi connectivity index (χ2v) is 9.27. The van der Waals surface area contributed by atoms with E-state index in [1.807, 2.05) is 49.4 Å². The number of piperidine rings is 1. The maximum absolute atomic E-state index is 13.1. The molecule has 1 aliphatic heterocycles. The Bertz CT molecular complexity index is 1360. The minimum atomic E-state index is -0.156. The van der Waals surface area contributed by atoms with E-state index < -0.39 is 0 Å². The average Bonchev–Trinajstić information content (AvgIpc) is 3.13. The summed E-state index contributed by atoms with van der Waals surface area (Å²) in [6.45, 7) is 4.40. The first kappa shape index (κ1) is 22.5. The lowest BCUT2D eigenvalue weighted by molar-refractivity contribution is 0.110. The Hall–Kier alpha value is -3.24. The van der Waals surface area contributed by atoms with Gasteiger partial charge in [0.25, 0.3) is 5.56 Å². The van der Waals surface area contributed by atoms with Crippen LogP contribution in [0, 0.1) is 0 Å². The molecule has 0 atom stereocenters. The summed E-state index contributed by atoms with van der Waals surface area (Å²) in [4.78, 5) is 29.1. The van der Waals surface area contributed by atoms with Crippen LogP contribution in [0.5, 0.6) is 5.88 Å². The molecule has 1 aliphatic rings. The quantitative estimate of drug-likeness (QED) is 0.408. The number of ether oxygens (including phenoxy) is 1. The molecule has 0 bridgehead atoms. The van der Waals surface area contributed by atoms with Crippen molar-refractivity contribution in [1.82, 2.24) is 29.2 Å². The van der Waals surface area contributed by atoms with Crippen LogP contribution in [-0.2, 0) is 6.54 Å². The van der Waals surface area contributed by atoms with E-state index in [9.17, 15) is 4.79 Å². The number of halogens is 1. The maximum atomic E-state index is 13.1. The predicted octanol–water partition coefficient (Wildman–Crippen LogP) is 3.98. The van der Waals surface area contributed by atoms with Crippen LogP contribution in [0.15, 0.2) is 57.9 Å². The van der Waals surface area contributed by atoms with Gasteiger partial charge in [-0.15, -0.1) is 0 Å². The summed E-state index contributed by atoms with van der Waals surface area (Å²) in [5.74, 6) is 1.52. The third-order valence-corrected chi connectivity index (χ3v) is 6.48. The normalized spacial score (nSPS) is 15.0. The van der Waals surface area contributed by atoms with E-state index in [1.165, 1.54) is 0 Å². The highest BCUT2D eigenvalue weighted by molar-refractivity contribution is 9.10. The van der Waals surface area contributed by atoms with Crippen molar-refractivity contribution in [3.63, 3.8) is 0 Å². The number of fused-ring (bicyclic) bond motifs is 1. The number of hydrogen-bond acceptors (Lipinski definition) is 7. The van der Waals surface area contributed by atoms with Crippen molar-refractivity contribution in [3.8, 4) is 11.7 Å². The van der Waals surface area contributed by atoms with Gasteiger partial charge in [0.2, 0.25) is 11.8 Å². The summed E-state index contributed by atoms with van der Waals surface area (Å²) in [6, 6.07) is 13.3. The minimum absolute atomic E-state index is 0.137. The second kappa shape index (κ2) is 9.55. The van der Waals surface area contributed by atoms with E-state index in [2.05, 4.69) is 43.2 Å². The van der Waals surface area contributed by atoms with E-state index in [4.69, 9.17) is 9.72 Å². The van der Waals surface area contributed by atoms with Crippen LogP contribution in [0.1, 0.15) is 19.8 Å². The van der Waals surface area contributed by atoms with Gasteiger partial charge in [-0.25, -0.2) is 14.3 Å². The molecule has 176 valence electrons. The fourth-order valence-corrected chi connectivity index (χ4v) is 4.39. The first-order valence-electron chi connectivity index (χ1n) is 11.4. The lowest BCUT2D eigenvalue weighted by Gasteiger charge is -2.29. The molecule has 0 radical (unpaired) electrons. The summed E-state index contributed by atoms with van der Waals surface area (Å²) in [6.07, 6.45) is 3.63. The number of nitrogens with zero attached hydrogens (tertiary/aromatic N) is 6. The third kappa shape index (κ3) is 4.55. The molecule has 3 aromatic heterocycles. The zero-order chi connectivity index (χ0) is 23.7. The van der Waals surface area contributed by atoms with Crippen molar-refractivity contribution in [2.24, 2.45) is 0 Å². The van der Waals surface area contributed by atoms with E-state index in [1.54, 1.807) is 15.6 Å². The molecule has 34 heavy (non-hydrogen) atoms. The Morgan fingerprint density at radius 1 is 1.12 bits per heavy atom. The first-order valence-corrected chi connectivity index (χ1v) is 12.1. The van der Waals surface area contributed by atoms with Crippen molar-refractivity contribution < 1.29 is 4.74 Å². The molecule has 1 saturated heterocycles. The minimum Gasteiger partial charge on any atom is -0.474 e. The largest absolute Gasteiger partial charge is 0.474 e. The monoisotopic (exact) mass is 523 g/mol. The van der Waals surface area contributed by atoms with Gasteiger partial charge in [-0.05, 0) is 57.1 Å². The number of nitrogens with one attached hydrogen (secondary N) is 1. The molecule has 1 fully saturated rings. The summed E-state index contributed by atoms with van der Waals surface area (Å²) in [7, 11) is 2.12. The van der Waals surface area contributed by atoms with Crippen LogP contribution >= 0.6 is 15.9 Å². The molecule has 0 unspecified atom stereocenters. The summed E-state index contributed by atoms with van der Waals surface area (Å²) in [5.41, 5.74) is 1.18. The summed E-state index contributed by atoms with van der Waals surface area (Å²) < 4.78 is 10.5. The molecule has 0 spiro atoms. The topological polar surface area (TPSA) is 90.1 Å². The standard InChI is InChI=1S/C24H26BrN7O2/c1-3-31-23(33)19-15-26-24(27-17-9-7-16(25)8-10-17)29-22(19)32(31)20-5-4-6-21(28-20)34-18-11-13-30(2)14-12-18/h4-10,15,18H,3,11-14H2,1-2H3,(H,26,27,29). The predicted molar refractivity (Wildman–Crippen MR) is 135 cm³/mol. The van der Waals surface area contributed by atoms with Crippen LogP contribution in [0.2, 0.25) is 0 Å². The van der Waals surface area contributed by atoms with E-state index in [0.717, 1.165) is 36.1 Å². The first-order chi connectivity index (χ1) is 16.5.